The third kappa shape index (κ3) is 4.59. The van der Waals surface area contributed by atoms with Crippen molar-refractivity contribution in [2.45, 2.75) is 64.7 Å². The molecule has 4 heteroatoms. The molecule has 326 valence electrons. The fourth-order valence-corrected chi connectivity index (χ4v) is 22.6. The van der Waals surface area contributed by atoms with Gasteiger partial charge in [-0.1, -0.05) is 187 Å². The number of hydrogen-bond acceptors (Lipinski definition) is 2. The summed E-state index contributed by atoms with van der Waals surface area (Å²) in [5.41, 5.74) is 25.2. The van der Waals surface area contributed by atoms with Crippen LogP contribution in [0.3, 0.4) is 0 Å². The first-order valence-electron chi connectivity index (χ1n) is 24.4. The van der Waals surface area contributed by atoms with Gasteiger partial charge in [0.15, 0.2) is 0 Å². The Labute approximate surface area is 398 Å². The maximum Gasteiger partial charge on any atom is 0.143 e. The molecule has 0 radical (unpaired) electrons. The molecule has 0 saturated heterocycles. The third-order valence-electron chi connectivity index (χ3n) is 17.4. The third-order valence-corrected chi connectivity index (χ3v) is 24.7. The van der Waals surface area contributed by atoms with Crippen molar-refractivity contribution in [1.29, 1.82) is 0 Å². The molecule has 2 aliphatic carbocycles. The van der Waals surface area contributed by atoms with Gasteiger partial charge in [-0.15, -0.1) is 0 Å². The summed E-state index contributed by atoms with van der Waals surface area (Å²) in [6, 6.07) is 60.0. The molecule has 15 rings (SSSR count). The summed E-state index contributed by atoms with van der Waals surface area (Å²) in [5, 5.41) is 10.9. The average Bonchev–Trinajstić information content (AvgIpc) is 4.13. The highest BCUT2D eigenvalue weighted by molar-refractivity contribution is 7.13. The van der Waals surface area contributed by atoms with Crippen LogP contribution in [0.2, 0.25) is 26.2 Å². The van der Waals surface area contributed by atoms with Crippen molar-refractivity contribution in [3.8, 4) is 66.8 Å². The molecule has 11 aromatic rings. The van der Waals surface area contributed by atoms with Crippen LogP contribution < -0.4 is 20.7 Å². The van der Waals surface area contributed by atoms with Crippen molar-refractivity contribution in [1.82, 2.24) is 0 Å². The number of rotatable bonds is 2. The molecule has 0 fully saturated rings. The summed E-state index contributed by atoms with van der Waals surface area (Å²) in [7, 11) is -4.78. The van der Waals surface area contributed by atoms with E-state index in [9.17, 15) is 0 Å². The van der Waals surface area contributed by atoms with Crippen molar-refractivity contribution in [2.75, 3.05) is 0 Å². The van der Waals surface area contributed by atoms with Gasteiger partial charge in [0.25, 0.3) is 0 Å². The monoisotopic (exact) mass is 906 g/mol. The van der Waals surface area contributed by atoms with E-state index >= 15 is 0 Å². The Morgan fingerprint density at radius 1 is 0.353 bits per heavy atom. The highest BCUT2D eigenvalue weighted by atomic mass is 28.3. The molecule has 0 unspecified atom stereocenters. The summed E-state index contributed by atoms with van der Waals surface area (Å²) < 4.78 is 14.3. The first kappa shape index (κ1) is 39.1. The minimum atomic E-state index is -2.39. The molecule has 0 N–H and O–H groups in total. The quantitative estimate of drug-likeness (QED) is 0.162. The summed E-state index contributed by atoms with van der Waals surface area (Å²) in [6.07, 6.45) is 0. The summed E-state index contributed by atoms with van der Waals surface area (Å²) in [6.45, 7) is 19.9. The second-order valence-corrected chi connectivity index (χ2v) is 30.9. The Morgan fingerprint density at radius 2 is 0.735 bits per heavy atom. The largest absolute Gasteiger partial charge is 0.455 e. The SMILES string of the molecule is CC1(C)c2ccccc2-c2cc(-c3cc4c(c5oc6ccccc6c35)-c3ccc5c(c3[Si]4(C)C)[Si](C)(C)c3cc(-c4ccc6c(c4)-c4ccccc4C6(C)C)c4c(oc6ccccc64)c3-5)ccc21. The zero-order chi connectivity index (χ0) is 46.0. The lowest BCUT2D eigenvalue weighted by Gasteiger charge is -2.28. The van der Waals surface area contributed by atoms with Crippen LogP contribution in [0.5, 0.6) is 0 Å². The Hall–Kier alpha value is -6.99. The molecule has 4 heterocycles. The summed E-state index contributed by atoms with van der Waals surface area (Å²) in [4.78, 5) is 0. The molecule has 2 nitrogen and oxygen atoms in total. The molecule has 0 amide bonds. The van der Waals surface area contributed by atoms with E-state index in [2.05, 4.69) is 212 Å². The fraction of sp³-hybridized carbons (Fsp3) is 0.156. The molecule has 0 spiro atoms. The van der Waals surface area contributed by atoms with Crippen molar-refractivity contribution >= 4 is 80.8 Å². The lowest BCUT2D eigenvalue weighted by molar-refractivity contribution is 0.660. The van der Waals surface area contributed by atoms with Gasteiger partial charge in [-0.3, -0.25) is 0 Å². The van der Waals surface area contributed by atoms with Gasteiger partial charge in [0.2, 0.25) is 0 Å². The molecule has 2 aromatic heterocycles. The smallest absolute Gasteiger partial charge is 0.143 e. The second-order valence-electron chi connectivity index (χ2n) is 22.3. The Balaban J connectivity index is 0.971. The summed E-state index contributed by atoms with van der Waals surface area (Å²) >= 11 is 0. The Kier molecular flexibility index (Phi) is 7.21. The van der Waals surface area contributed by atoms with Crippen LogP contribution in [0.1, 0.15) is 49.9 Å². The minimum Gasteiger partial charge on any atom is -0.455 e. The van der Waals surface area contributed by atoms with Crippen LogP contribution in [-0.4, -0.2) is 16.1 Å². The number of para-hydroxylation sites is 2. The highest BCUT2D eigenvalue weighted by Crippen LogP contribution is 2.54. The molecule has 0 atom stereocenters. The predicted molar refractivity (Wildman–Crippen MR) is 291 cm³/mol. The van der Waals surface area contributed by atoms with Crippen molar-refractivity contribution in [3.05, 3.63) is 180 Å². The number of hydrogen-bond donors (Lipinski definition) is 0. The van der Waals surface area contributed by atoms with E-state index in [0.717, 1.165) is 22.3 Å². The lowest BCUT2D eigenvalue weighted by atomic mass is 9.82. The van der Waals surface area contributed by atoms with Crippen LogP contribution in [-0.2, 0) is 10.8 Å². The Morgan fingerprint density at radius 3 is 1.18 bits per heavy atom. The van der Waals surface area contributed by atoms with Crippen LogP contribution in [0, 0.1) is 0 Å². The van der Waals surface area contributed by atoms with Crippen LogP contribution >= 0.6 is 0 Å². The average molecular weight is 907 g/mol. The molecule has 2 aliphatic heterocycles. The normalized spacial score (nSPS) is 16.7. The van der Waals surface area contributed by atoms with Gasteiger partial charge in [0, 0.05) is 43.5 Å². The van der Waals surface area contributed by atoms with Crippen molar-refractivity contribution in [2.24, 2.45) is 0 Å². The number of fused-ring (bicyclic) bond motifs is 21. The van der Waals surface area contributed by atoms with E-state index in [1.54, 1.807) is 10.4 Å². The topological polar surface area (TPSA) is 26.3 Å². The van der Waals surface area contributed by atoms with Gasteiger partial charge in [0.05, 0.1) is 0 Å². The van der Waals surface area contributed by atoms with Crippen LogP contribution in [0.15, 0.2) is 167 Å². The zero-order valence-corrected chi connectivity index (χ0v) is 41.8. The van der Waals surface area contributed by atoms with E-state index < -0.39 is 16.1 Å². The number of furan rings is 2. The van der Waals surface area contributed by atoms with Crippen molar-refractivity contribution < 1.29 is 8.83 Å². The molecule has 0 saturated carbocycles. The molecular weight excluding hydrogens is 857 g/mol. The van der Waals surface area contributed by atoms with E-state index in [-0.39, 0.29) is 10.8 Å². The first-order chi connectivity index (χ1) is 32.8. The van der Waals surface area contributed by atoms with Crippen LogP contribution in [0.25, 0.3) is 111 Å². The van der Waals surface area contributed by atoms with Gasteiger partial charge in [-0.25, -0.2) is 0 Å². The molecule has 68 heavy (non-hydrogen) atoms. The molecular formula is C64H50O2Si2. The van der Waals surface area contributed by atoms with Crippen molar-refractivity contribution in [3.63, 3.8) is 0 Å². The molecule has 0 bridgehead atoms. The standard InChI is InChI=1S/C64H50O2Si2/c1-63(2)47-21-13-9-17-37(47)45-31-35(25-29-49(45)63)43-33-53-57(59-55(43)39-19-11-15-23-51(39)65-59)41-27-28-42-58-54(68(7,8)62(42)61(41)67(53,5)6)34-44(56-40-20-12-16-24-52(40)66-60(56)58)36-26-30-50-46(32-36)38-18-10-14-22-48(38)64(50,3)4/h9-34H,1-8H3. The first-order valence-corrected chi connectivity index (χ1v) is 30.4. The van der Waals surface area contributed by atoms with E-state index in [0.29, 0.717) is 0 Å². The Bertz CT molecular complexity index is 3880. The maximum atomic E-state index is 7.16. The summed E-state index contributed by atoms with van der Waals surface area (Å²) in [5.74, 6) is 0. The van der Waals surface area contributed by atoms with E-state index in [1.165, 1.54) is 121 Å². The minimum absolute atomic E-state index is 0.0511. The van der Waals surface area contributed by atoms with Gasteiger partial charge >= 0.3 is 0 Å². The van der Waals surface area contributed by atoms with E-state index in [1.807, 2.05) is 0 Å². The zero-order valence-electron chi connectivity index (χ0n) is 39.8. The fourth-order valence-electron chi connectivity index (χ4n) is 14.1. The van der Waals surface area contributed by atoms with Gasteiger partial charge < -0.3 is 8.83 Å². The van der Waals surface area contributed by atoms with Gasteiger partial charge in [-0.2, -0.15) is 0 Å². The lowest BCUT2D eigenvalue weighted by Crippen LogP contribution is -2.63. The van der Waals surface area contributed by atoms with E-state index in [4.69, 9.17) is 8.83 Å². The number of benzene rings is 9. The molecule has 4 aliphatic rings. The predicted octanol–water partition coefficient (Wildman–Crippen LogP) is 15.0. The second kappa shape index (κ2) is 12.6. The maximum absolute atomic E-state index is 7.16. The highest BCUT2D eigenvalue weighted by Gasteiger charge is 2.50. The molecule has 9 aromatic carbocycles. The van der Waals surface area contributed by atoms with Gasteiger partial charge in [-0.05, 0) is 123 Å². The van der Waals surface area contributed by atoms with Crippen LogP contribution in [0.4, 0.5) is 0 Å². The van der Waals surface area contributed by atoms with Gasteiger partial charge in [0.1, 0.15) is 38.5 Å².